The summed E-state index contributed by atoms with van der Waals surface area (Å²) in [5.74, 6) is 0.924. The van der Waals surface area contributed by atoms with Gasteiger partial charge in [0.2, 0.25) is 0 Å². The van der Waals surface area contributed by atoms with E-state index in [1.165, 1.54) is 0 Å². The molecule has 0 spiro atoms. The molecule has 0 radical (unpaired) electrons. The minimum absolute atomic E-state index is 0.0969. The van der Waals surface area contributed by atoms with Crippen molar-refractivity contribution in [2.75, 3.05) is 7.11 Å². The lowest BCUT2D eigenvalue weighted by atomic mass is 9.93. The topological polar surface area (TPSA) is 67.8 Å². The summed E-state index contributed by atoms with van der Waals surface area (Å²) >= 11 is 3.50. The average Bonchev–Trinajstić information content (AvgIpc) is 2.69. The summed E-state index contributed by atoms with van der Waals surface area (Å²) in [5, 5.41) is 12.6. The smallest absolute Gasteiger partial charge is 0.251 e. The summed E-state index contributed by atoms with van der Waals surface area (Å²) in [6.45, 7) is 0.408. The Kier molecular flexibility index (Phi) is 6.74. The lowest BCUT2D eigenvalue weighted by Crippen LogP contribution is -2.38. The third-order valence-corrected chi connectivity index (χ3v) is 5.34. The van der Waals surface area contributed by atoms with Crippen LogP contribution in [0.25, 0.3) is 0 Å². The molecule has 0 bridgehead atoms. The van der Waals surface area contributed by atoms with Gasteiger partial charge in [0.1, 0.15) is 6.61 Å². The van der Waals surface area contributed by atoms with Crippen molar-refractivity contribution in [1.82, 2.24) is 5.32 Å². The largest absolute Gasteiger partial charge is 0.493 e. The highest BCUT2D eigenvalue weighted by molar-refractivity contribution is 9.10. The molecule has 1 amide bonds. The molecule has 3 rings (SSSR count). The number of methoxy groups -OCH3 is 1. The zero-order valence-corrected chi connectivity index (χ0v) is 16.9. The van der Waals surface area contributed by atoms with Gasteiger partial charge in [0.25, 0.3) is 5.91 Å². The number of hydrogen-bond donors (Lipinski definition) is 2. The van der Waals surface area contributed by atoms with E-state index in [1.807, 2.05) is 30.3 Å². The van der Waals surface area contributed by atoms with E-state index in [-0.39, 0.29) is 18.1 Å². The first-order valence-electron chi connectivity index (χ1n) is 9.10. The number of amides is 1. The normalized spacial score (nSPS) is 19.4. The first-order chi connectivity index (χ1) is 13.1. The summed E-state index contributed by atoms with van der Waals surface area (Å²) < 4.78 is 12.0. The first kappa shape index (κ1) is 19.7. The second-order valence-corrected chi connectivity index (χ2v) is 7.60. The Bertz CT molecular complexity index is 773. The van der Waals surface area contributed by atoms with Gasteiger partial charge in [-0.15, -0.1) is 0 Å². The van der Waals surface area contributed by atoms with Gasteiger partial charge in [0.05, 0.1) is 17.7 Å². The molecule has 0 aromatic heterocycles. The van der Waals surface area contributed by atoms with E-state index in [1.54, 1.807) is 19.2 Å². The van der Waals surface area contributed by atoms with E-state index in [0.29, 0.717) is 28.1 Å². The quantitative estimate of drug-likeness (QED) is 0.720. The summed E-state index contributed by atoms with van der Waals surface area (Å²) in [7, 11) is 1.56. The van der Waals surface area contributed by atoms with Crippen LogP contribution in [0, 0.1) is 0 Å². The van der Waals surface area contributed by atoms with Gasteiger partial charge in [0, 0.05) is 11.6 Å². The lowest BCUT2D eigenvalue weighted by molar-refractivity contribution is 0.0867. The molecule has 0 atom stereocenters. The van der Waals surface area contributed by atoms with Gasteiger partial charge in [-0.25, -0.2) is 0 Å². The molecule has 2 N–H and O–H groups in total. The maximum atomic E-state index is 12.6. The molecule has 0 aliphatic heterocycles. The fraction of sp³-hybridized carbons (Fsp3) is 0.381. The van der Waals surface area contributed by atoms with Gasteiger partial charge in [-0.3, -0.25) is 4.79 Å². The maximum absolute atomic E-state index is 12.6. The molecule has 0 unspecified atom stereocenters. The van der Waals surface area contributed by atoms with Gasteiger partial charge in [-0.2, -0.15) is 0 Å². The van der Waals surface area contributed by atoms with Crippen LogP contribution in [0.15, 0.2) is 46.9 Å². The molecule has 1 fully saturated rings. The highest BCUT2D eigenvalue weighted by atomic mass is 79.9. The van der Waals surface area contributed by atoms with Crippen molar-refractivity contribution >= 4 is 21.8 Å². The summed E-state index contributed by atoms with van der Waals surface area (Å²) in [4.78, 5) is 12.6. The van der Waals surface area contributed by atoms with Crippen LogP contribution in [0.2, 0.25) is 0 Å². The number of benzene rings is 2. The molecule has 144 valence electrons. The predicted molar refractivity (Wildman–Crippen MR) is 107 cm³/mol. The standard InChI is InChI=1S/C21H24BrNO4/c1-26-19-12-15(21(25)23-16-7-9-17(24)10-8-16)11-18(22)20(19)27-13-14-5-3-2-4-6-14/h2-6,11-12,16-17,24H,7-10,13H2,1H3,(H,23,25). The monoisotopic (exact) mass is 433 g/mol. The number of carbonyl (C=O) groups is 1. The number of halogens is 1. The number of nitrogens with one attached hydrogen (secondary N) is 1. The van der Waals surface area contributed by atoms with Gasteiger partial charge >= 0.3 is 0 Å². The van der Waals surface area contributed by atoms with Crippen LogP contribution < -0.4 is 14.8 Å². The number of ether oxygens (including phenoxy) is 2. The molecule has 2 aromatic rings. The zero-order valence-electron chi connectivity index (χ0n) is 15.3. The number of hydrogen-bond acceptors (Lipinski definition) is 4. The molecule has 6 heteroatoms. The fourth-order valence-corrected chi connectivity index (χ4v) is 3.77. The van der Waals surface area contributed by atoms with Gasteiger partial charge in [-0.1, -0.05) is 30.3 Å². The second-order valence-electron chi connectivity index (χ2n) is 6.74. The van der Waals surface area contributed by atoms with Gasteiger partial charge < -0.3 is 19.9 Å². The molecule has 27 heavy (non-hydrogen) atoms. The SMILES string of the molecule is COc1cc(C(=O)NC2CCC(O)CC2)cc(Br)c1OCc1ccccc1. The van der Waals surface area contributed by atoms with Gasteiger partial charge in [-0.05, 0) is 59.3 Å². The summed E-state index contributed by atoms with van der Waals surface area (Å²) in [5.41, 5.74) is 1.56. The predicted octanol–water partition coefficient (Wildman–Crippen LogP) is 4.07. The number of rotatable bonds is 6. The van der Waals surface area contributed by atoms with E-state index in [2.05, 4.69) is 21.2 Å². The lowest BCUT2D eigenvalue weighted by Gasteiger charge is -2.26. The molecule has 1 aliphatic carbocycles. The third kappa shape index (κ3) is 5.23. The van der Waals surface area contributed by atoms with Crippen LogP contribution in [0.5, 0.6) is 11.5 Å². The van der Waals surface area contributed by atoms with Crippen molar-refractivity contribution in [2.24, 2.45) is 0 Å². The molecule has 5 nitrogen and oxygen atoms in total. The second kappa shape index (κ2) is 9.24. The van der Waals surface area contributed by atoms with Crippen molar-refractivity contribution in [3.63, 3.8) is 0 Å². The first-order valence-corrected chi connectivity index (χ1v) is 9.89. The van der Waals surface area contributed by atoms with E-state index < -0.39 is 0 Å². The number of aliphatic hydroxyl groups is 1. The maximum Gasteiger partial charge on any atom is 0.251 e. The van der Waals surface area contributed by atoms with E-state index in [4.69, 9.17) is 9.47 Å². The Hall–Kier alpha value is -2.05. The van der Waals surface area contributed by atoms with Crippen LogP contribution in [-0.4, -0.2) is 30.3 Å². The van der Waals surface area contributed by atoms with Gasteiger partial charge in [0.15, 0.2) is 11.5 Å². The van der Waals surface area contributed by atoms with Crippen molar-refractivity contribution in [3.05, 3.63) is 58.1 Å². The van der Waals surface area contributed by atoms with E-state index in [9.17, 15) is 9.90 Å². The summed E-state index contributed by atoms with van der Waals surface area (Å²) in [6, 6.07) is 13.4. The number of carbonyl (C=O) groups excluding carboxylic acids is 1. The highest BCUT2D eigenvalue weighted by Gasteiger charge is 2.22. The van der Waals surface area contributed by atoms with Crippen molar-refractivity contribution in [3.8, 4) is 11.5 Å². The number of aliphatic hydroxyl groups excluding tert-OH is 1. The molecule has 1 saturated carbocycles. The third-order valence-electron chi connectivity index (χ3n) is 4.75. The Labute approximate surface area is 167 Å². The van der Waals surface area contributed by atoms with E-state index >= 15 is 0 Å². The molecular weight excluding hydrogens is 410 g/mol. The molecular formula is C21H24BrNO4. The Morgan fingerprint density at radius 2 is 1.89 bits per heavy atom. The Morgan fingerprint density at radius 1 is 1.19 bits per heavy atom. The molecule has 0 saturated heterocycles. The summed E-state index contributed by atoms with van der Waals surface area (Å²) in [6.07, 6.45) is 2.80. The van der Waals surface area contributed by atoms with Crippen molar-refractivity contribution < 1.29 is 19.4 Å². The van der Waals surface area contributed by atoms with E-state index in [0.717, 1.165) is 31.2 Å². The Morgan fingerprint density at radius 3 is 2.56 bits per heavy atom. The van der Waals surface area contributed by atoms with Crippen LogP contribution in [0.1, 0.15) is 41.6 Å². The fourth-order valence-electron chi connectivity index (χ4n) is 3.21. The molecule has 1 aliphatic rings. The van der Waals surface area contributed by atoms with Crippen molar-refractivity contribution in [2.45, 2.75) is 44.4 Å². The minimum Gasteiger partial charge on any atom is -0.493 e. The van der Waals surface area contributed by atoms with Crippen LogP contribution in [-0.2, 0) is 6.61 Å². The average molecular weight is 434 g/mol. The minimum atomic E-state index is -0.242. The van der Waals surface area contributed by atoms with Crippen LogP contribution in [0.4, 0.5) is 0 Å². The molecule has 2 aromatic carbocycles. The van der Waals surface area contributed by atoms with Crippen molar-refractivity contribution in [1.29, 1.82) is 0 Å². The Balaban J connectivity index is 1.70. The zero-order chi connectivity index (χ0) is 19.2. The van der Waals surface area contributed by atoms with Crippen LogP contribution >= 0.6 is 15.9 Å². The highest BCUT2D eigenvalue weighted by Crippen LogP contribution is 2.37. The van der Waals surface area contributed by atoms with Crippen LogP contribution in [0.3, 0.4) is 0 Å². The molecule has 0 heterocycles.